The van der Waals surface area contributed by atoms with Crippen molar-refractivity contribution in [1.82, 2.24) is 0 Å². The average molecular weight is 290 g/mol. The minimum atomic E-state index is -4.34. The summed E-state index contributed by atoms with van der Waals surface area (Å²) in [5.41, 5.74) is 0.674. The van der Waals surface area contributed by atoms with E-state index in [9.17, 15) is 18.0 Å². The Morgan fingerprint density at radius 3 is 2.40 bits per heavy atom. The molecule has 0 fully saturated rings. The molecule has 0 spiro atoms. The van der Waals surface area contributed by atoms with Gasteiger partial charge in [-0.05, 0) is 23.8 Å². The van der Waals surface area contributed by atoms with Crippen LogP contribution < -0.4 is 4.74 Å². The molecule has 0 radical (unpaired) electrons. The third kappa shape index (κ3) is 7.42. The molecule has 110 valence electrons. The van der Waals surface area contributed by atoms with Gasteiger partial charge in [0.1, 0.15) is 19.0 Å². The van der Waals surface area contributed by atoms with E-state index in [1.807, 2.05) is 0 Å². The molecule has 4 nitrogen and oxygen atoms in total. The molecule has 0 bridgehead atoms. The van der Waals surface area contributed by atoms with Crippen molar-refractivity contribution in [3.8, 4) is 5.75 Å². The van der Waals surface area contributed by atoms with Crippen LogP contribution >= 0.6 is 0 Å². The minimum Gasteiger partial charge on any atom is -0.491 e. The van der Waals surface area contributed by atoms with Gasteiger partial charge < -0.3 is 14.6 Å². The van der Waals surface area contributed by atoms with Crippen LogP contribution in [0, 0.1) is 0 Å². The lowest BCUT2D eigenvalue weighted by Gasteiger charge is -2.09. The van der Waals surface area contributed by atoms with Crippen molar-refractivity contribution in [1.29, 1.82) is 0 Å². The number of halogens is 3. The van der Waals surface area contributed by atoms with Gasteiger partial charge in [-0.15, -0.1) is 0 Å². The Bertz CT molecular complexity index is 452. The minimum absolute atomic E-state index is 0.000389. The number of carboxylic acids is 1. The molecule has 0 aliphatic rings. The van der Waals surface area contributed by atoms with Gasteiger partial charge in [-0.1, -0.05) is 12.1 Å². The van der Waals surface area contributed by atoms with Gasteiger partial charge in [-0.2, -0.15) is 13.2 Å². The topological polar surface area (TPSA) is 55.8 Å². The lowest BCUT2D eigenvalue weighted by molar-refractivity contribution is -0.175. The van der Waals surface area contributed by atoms with E-state index in [1.54, 1.807) is 24.3 Å². The van der Waals surface area contributed by atoms with Crippen molar-refractivity contribution in [2.24, 2.45) is 0 Å². The highest BCUT2D eigenvalue weighted by Crippen LogP contribution is 2.15. The van der Waals surface area contributed by atoms with Crippen molar-refractivity contribution in [2.45, 2.75) is 6.18 Å². The lowest BCUT2D eigenvalue weighted by atomic mass is 10.2. The molecule has 1 rings (SSSR count). The monoisotopic (exact) mass is 290 g/mol. The predicted molar refractivity (Wildman–Crippen MR) is 65.5 cm³/mol. The van der Waals surface area contributed by atoms with E-state index in [2.05, 4.69) is 4.74 Å². The zero-order valence-electron chi connectivity index (χ0n) is 10.4. The first-order valence-electron chi connectivity index (χ1n) is 5.65. The van der Waals surface area contributed by atoms with E-state index < -0.39 is 18.8 Å². The molecule has 0 aliphatic carbocycles. The highest BCUT2D eigenvalue weighted by molar-refractivity contribution is 5.85. The zero-order valence-corrected chi connectivity index (χ0v) is 10.4. The Balaban J connectivity index is 2.30. The molecule has 0 amide bonds. The summed E-state index contributed by atoms with van der Waals surface area (Å²) >= 11 is 0. The maximum absolute atomic E-state index is 11.8. The fraction of sp³-hybridized carbons (Fsp3) is 0.308. The van der Waals surface area contributed by atoms with Crippen LogP contribution in [0.5, 0.6) is 5.75 Å². The van der Waals surface area contributed by atoms with Crippen LogP contribution in [0.2, 0.25) is 0 Å². The van der Waals surface area contributed by atoms with Gasteiger partial charge in [0, 0.05) is 6.08 Å². The number of aliphatic carboxylic acids is 1. The molecular weight excluding hydrogens is 277 g/mol. The van der Waals surface area contributed by atoms with Gasteiger partial charge in [0.25, 0.3) is 0 Å². The average Bonchev–Trinajstić information content (AvgIpc) is 2.36. The summed E-state index contributed by atoms with van der Waals surface area (Å²) in [4.78, 5) is 10.3. The van der Waals surface area contributed by atoms with Gasteiger partial charge in [-0.25, -0.2) is 4.79 Å². The first-order chi connectivity index (χ1) is 9.37. The molecule has 0 aliphatic heterocycles. The van der Waals surface area contributed by atoms with Gasteiger partial charge >= 0.3 is 12.1 Å². The van der Waals surface area contributed by atoms with Gasteiger partial charge in [0.05, 0.1) is 6.61 Å². The van der Waals surface area contributed by atoms with Crippen LogP contribution in [0.1, 0.15) is 5.56 Å². The molecular formula is C13H13F3O4. The number of carbonyl (C=O) groups is 1. The van der Waals surface area contributed by atoms with E-state index in [-0.39, 0.29) is 13.2 Å². The SMILES string of the molecule is O=C(O)C=Cc1ccc(OCCOCC(F)(F)F)cc1. The Kier molecular flexibility index (Phi) is 6.05. The molecule has 0 heterocycles. The second kappa shape index (κ2) is 7.54. The number of rotatable bonds is 7. The molecule has 0 saturated carbocycles. The molecule has 7 heteroatoms. The summed E-state index contributed by atoms with van der Waals surface area (Å²) in [5.74, 6) is -0.583. The number of alkyl halides is 3. The maximum Gasteiger partial charge on any atom is 0.411 e. The second-order valence-corrected chi connectivity index (χ2v) is 3.76. The Morgan fingerprint density at radius 1 is 1.20 bits per heavy atom. The van der Waals surface area contributed by atoms with Crippen LogP contribution in [0.3, 0.4) is 0 Å². The van der Waals surface area contributed by atoms with Crippen LogP contribution in [-0.4, -0.2) is 37.1 Å². The van der Waals surface area contributed by atoms with Gasteiger partial charge in [-0.3, -0.25) is 0 Å². The van der Waals surface area contributed by atoms with Crippen molar-refractivity contribution in [2.75, 3.05) is 19.8 Å². The third-order valence-corrected chi connectivity index (χ3v) is 2.06. The highest BCUT2D eigenvalue weighted by Gasteiger charge is 2.27. The summed E-state index contributed by atoms with van der Waals surface area (Å²) in [6.45, 7) is -1.46. The molecule has 0 saturated heterocycles. The van der Waals surface area contributed by atoms with Gasteiger partial charge in [0.15, 0.2) is 0 Å². The summed E-state index contributed by atoms with van der Waals surface area (Å²) in [6, 6.07) is 6.44. The molecule has 0 unspecified atom stereocenters. The van der Waals surface area contributed by atoms with Crippen molar-refractivity contribution in [3.05, 3.63) is 35.9 Å². The molecule has 1 N–H and O–H groups in total. The normalized spacial score (nSPS) is 11.8. The smallest absolute Gasteiger partial charge is 0.411 e. The van der Waals surface area contributed by atoms with E-state index >= 15 is 0 Å². The Hall–Kier alpha value is -2.02. The number of carboxylic acid groups (broad SMARTS) is 1. The second-order valence-electron chi connectivity index (χ2n) is 3.76. The van der Waals surface area contributed by atoms with Gasteiger partial charge in [0.2, 0.25) is 0 Å². The van der Waals surface area contributed by atoms with E-state index in [0.29, 0.717) is 11.3 Å². The third-order valence-electron chi connectivity index (χ3n) is 2.06. The number of ether oxygens (including phenoxy) is 2. The number of hydrogen-bond donors (Lipinski definition) is 1. The highest BCUT2D eigenvalue weighted by atomic mass is 19.4. The quantitative estimate of drug-likeness (QED) is 0.619. The molecule has 1 aromatic rings. The van der Waals surface area contributed by atoms with Crippen molar-refractivity contribution in [3.63, 3.8) is 0 Å². The fourth-order valence-corrected chi connectivity index (χ4v) is 1.25. The van der Waals surface area contributed by atoms with E-state index in [4.69, 9.17) is 9.84 Å². The Labute approximate surface area is 113 Å². The summed E-state index contributed by atoms with van der Waals surface area (Å²) < 4.78 is 44.8. The zero-order chi connectivity index (χ0) is 15.0. The number of benzene rings is 1. The molecule has 20 heavy (non-hydrogen) atoms. The summed E-state index contributed by atoms with van der Waals surface area (Å²) in [5, 5.41) is 8.45. The largest absolute Gasteiger partial charge is 0.491 e. The molecule has 0 aromatic heterocycles. The van der Waals surface area contributed by atoms with Crippen molar-refractivity contribution >= 4 is 12.0 Å². The number of hydrogen-bond acceptors (Lipinski definition) is 3. The first kappa shape index (κ1) is 16.0. The van der Waals surface area contributed by atoms with Crippen LogP contribution in [0.25, 0.3) is 6.08 Å². The predicted octanol–water partition coefficient (Wildman–Crippen LogP) is 2.74. The fourth-order valence-electron chi connectivity index (χ4n) is 1.25. The Morgan fingerprint density at radius 2 is 1.85 bits per heavy atom. The first-order valence-corrected chi connectivity index (χ1v) is 5.65. The van der Waals surface area contributed by atoms with Crippen LogP contribution in [-0.2, 0) is 9.53 Å². The van der Waals surface area contributed by atoms with Crippen LogP contribution in [0.4, 0.5) is 13.2 Å². The van der Waals surface area contributed by atoms with Crippen molar-refractivity contribution < 1.29 is 32.5 Å². The summed E-state index contributed by atoms with van der Waals surface area (Å²) in [7, 11) is 0. The summed E-state index contributed by atoms with van der Waals surface area (Å²) in [6.07, 6.45) is -1.92. The maximum atomic E-state index is 11.8. The van der Waals surface area contributed by atoms with E-state index in [0.717, 1.165) is 6.08 Å². The lowest BCUT2D eigenvalue weighted by Crippen LogP contribution is -2.19. The molecule has 0 atom stereocenters. The van der Waals surface area contributed by atoms with E-state index in [1.165, 1.54) is 6.08 Å². The molecule has 1 aromatic carbocycles. The van der Waals surface area contributed by atoms with Crippen LogP contribution in [0.15, 0.2) is 30.3 Å². The standard InChI is InChI=1S/C13H13F3O4/c14-13(15,16)9-19-7-8-20-11-4-1-10(2-5-11)3-6-12(17)18/h1-6H,7-9H2,(H,17,18).